The molecule has 1 aromatic carbocycles. The number of hydrogen-bond donors (Lipinski definition) is 2. The number of carboxylic acids is 1. The molecular formula is C13H15NO2. The van der Waals surface area contributed by atoms with E-state index in [1.165, 1.54) is 0 Å². The smallest absolute Gasteiger partial charge is 0.336 e. The van der Waals surface area contributed by atoms with E-state index in [1.54, 1.807) is 0 Å². The third-order valence-corrected chi connectivity index (χ3v) is 3.90. The van der Waals surface area contributed by atoms with Crippen LogP contribution in [-0.2, 0) is 25.7 Å². The average Bonchev–Trinajstić information content (AvgIpc) is 2.84. The van der Waals surface area contributed by atoms with Crippen molar-refractivity contribution in [2.75, 3.05) is 5.73 Å². The van der Waals surface area contributed by atoms with Gasteiger partial charge in [0.25, 0.3) is 0 Å². The summed E-state index contributed by atoms with van der Waals surface area (Å²) in [4.78, 5) is 11.4. The molecule has 0 aromatic heterocycles. The van der Waals surface area contributed by atoms with Crippen molar-refractivity contribution < 1.29 is 9.90 Å². The first kappa shape index (κ1) is 9.70. The lowest BCUT2D eigenvalue weighted by molar-refractivity contribution is 0.0694. The average molecular weight is 217 g/mol. The second kappa shape index (κ2) is 3.24. The Morgan fingerprint density at radius 2 is 1.38 bits per heavy atom. The van der Waals surface area contributed by atoms with Crippen molar-refractivity contribution in [1.82, 2.24) is 0 Å². The summed E-state index contributed by atoms with van der Waals surface area (Å²) < 4.78 is 0. The first-order valence-electron chi connectivity index (χ1n) is 5.88. The number of fused-ring (bicyclic) bond motifs is 2. The molecule has 3 N–H and O–H groups in total. The van der Waals surface area contributed by atoms with Crippen molar-refractivity contribution in [2.45, 2.75) is 38.5 Å². The number of carboxylic acid groups (broad SMARTS) is 1. The molecule has 2 aliphatic carbocycles. The first-order chi connectivity index (χ1) is 7.70. The molecule has 0 saturated carbocycles. The number of carbonyl (C=O) groups is 1. The van der Waals surface area contributed by atoms with Gasteiger partial charge in [-0.2, -0.15) is 0 Å². The molecule has 3 nitrogen and oxygen atoms in total. The summed E-state index contributed by atoms with van der Waals surface area (Å²) in [6.45, 7) is 0. The molecule has 3 heteroatoms. The Morgan fingerprint density at radius 1 is 0.938 bits per heavy atom. The number of nitrogen functional groups attached to an aromatic ring is 1. The van der Waals surface area contributed by atoms with Gasteiger partial charge in [-0.05, 0) is 60.8 Å². The van der Waals surface area contributed by atoms with Gasteiger partial charge in [0.05, 0.1) is 5.56 Å². The van der Waals surface area contributed by atoms with E-state index in [0.717, 1.165) is 66.5 Å². The predicted molar refractivity (Wildman–Crippen MR) is 61.9 cm³/mol. The highest BCUT2D eigenvalue weighted by Gasteiger charge is 2.30. The minimum atomic E-state index is -0.767. The summed E-state index contributed by atoms with van der Waals surface area (Å²) in [6.07, 6.45) is 5.76. The van der Waals surface area contributed by atoms with Gasteiger partial charge in [-0.3, -0.25) is 0 Å². The molecule has 1 aromatic rings. The van der Waals surface area contributed by atoms with Crippen LogP contribution in [0.1, 0.15) is 45.5 Å². The van der Waals surface area contributed by atoms with E-state index in [9.17, 15) is 9.90 Å². The van der Waals surface area contributed by atoms with E-state index in [2.05, 4.69) is 0 Å². The van der Waals surface area contributed by atoms with E-state index in [1.807, 2.05) is 0 Å². The maximum atomic E-state index is 11.4. The van der Waals surface area contributed by atoms with Crippen molar-refractivity contribution in [3.8, 4) is 0 Å². The zero-order chi connectivity index (χ0) is 11.3. The molecule has 0 heterocycles. The van der Waals surface area contributed by atoms with Gasteiger partial charge in [0, 0.05) is 5.69 Å². The summed E-state index contributed by atoms with van der Waals surface area (Å²) in [7, 11) is 0. The molecule has 16 heavy (non-hydrogen) atoms. The highest BCUT2D eigenvalue weighted by atomic mass is 16.4. The van der Waals surface area contributed by atoms with Crippen LogP contribution in [0.3, 0.4) is 0 Å². The Balaban J connectivity index is 2.36. The van der Waals surface area contributed by atoms with Gasteiger partial charge in [-0.15, -0.1) is 0 Å². The molecule has 0 amide bonds. The first-order valence-corrected chi connectivity index (χ1v) is 5.88. The molecule has 0 unspecified atom stereocenters. The number of rotatable bonds is 1. The van der Waals surface area contributed by atoms with Crippen LogP contribution in [0.5, 0.6) is 0 Å². The minimum absolute atomic E-state index is 0.578. The summed E-state index contributed by atoms with van der Waals surface area (Å²) in [5.74, 6) is -0.767. The minimum Gasteiger partial charge on any atom is -0.478 e. The van der Waals surface area contributed by atoms with Gasteiger partial charge in [-0.25, -0.2) is 4.79 Å². The Kier molecular flexibility index (Phi) is 1.96. The molecule has 0 radical (unpaired) electrons. The molecular weight excluding hydrogens is 202 g/mol. The van der Waals surface area contributed by atoms with Gasteiger partial charge in [0.15, 0.2) is 0 Å². The van der Waals surface area contributed by atoms with Crippen LogP contribution in [0, 0.1) is 0 Å². The molecule has 2 aliphatic rings. The number of aromatic carboxylic acids is 1. The lowest BCUT2D eigenvalue weighted by Gasteiger charge is -2.14. The van der Waals surface area contributed by atoms with Crippen LogP contribution in [0.4, 0.5) is 5.69 Å². The summed E-state index contributed by atoms with van der Waals surface area (Å²) in [5, 5.41) is 9.36. The van der Waals surface area contributed by atoms with Crippen molar-refractivity contribution in [2.24, 2.45) is 0 Å². The molecule has 0 spiro atoms. The second-order valence-corrected chi connectivity index (χ2v) is 4.72. The van der Waals surface area contributed by atoms with Crippen molar-refractivity contribution in [3.63, 3.8) is 0 Å². The lowest BCUT2D eigenvalue weighted by atomic mass is 9.92. The Hall–Kier alpha value is -1.51. The number of benzene rings is 1. The third-order valence-electron chi connectivity index (χ3n) is 3.90. The van der Waals surface area contributed by atoms with Crippen LogP contribution in [0.15, 0.2) is 0 Å². The van der Waals surface area contributed by atoms with E-state index in [4.69, 9.17) is 5.73 Å². The molecule has 0 fully saturated rings. The third kappa shape index (κ3) is 1.11. The SMILES string of the molecule is Nc1c2c(c(C(=O)O)c3c1CCC3)CCC2. The predicted octanol–water partition coefficient (Wildman–Crippen LogP) is 1.94. The zero-order valence-corrected chi connectivity index (χ0v) is 9.18. The number of anilines is 1. The van der Waals surface area contributed by atoms with Crippen LogP contribution in [0.2, 0.25) is 0 Å². The van der Waals surface area contributed by atoms with Gasteiger partial charge in [0.1, 0.15) is 0 Å². The van der Waals surface area contributed by atoms with Gasteiger partial charge < -0.3 is 10.8 Å². The normalized spacial score (nSPS) is 17.2. The Bertz CT molecular complexity index is 456. The fourth-order valence-corrected chi connectivity index (χ4v) is 3.26. The fraction of sp³-hybridized carbons (Fsp3) is 0.462. The quantitative estimate of drug-likeness (QED) is 0.707. The van der Waals surface area contributed by atoms with Crippen LogP contribution >= 0.6 is 0 Å². The largest absolute Gasteiger partial charge is 0.478 e. The monoisotopic (exact) mass is 217 g/mol. The summed E-state index contributed by atoms with van der Waals surface area (Å²) in [5.41, 5.74) is 11.9. The summed E-state index contributed by atoms with van der Waals surface area (Å²) >= 11 is 0. The van der Waals surface area contributed by atoms with Crippen LogP contribution in [-0.4, -0.2) is 11.1 Å². The van der Waals surface area contributed by atoms with E-state index in [0.29, 0.717) is 5.56 Å². The molecule has 3 rings (SSSR count). The number of nitrogens with two attached hydrogens (primary N) is 1. The molecule has 0 atom stereocenters. The maximum Gasteiger partial charge on any atom is 0.336 e. The van der Waals surface area contributed by atoms with E-state index < -0.39 is 5.97 Å². The molecule has 0 saturated heterocycles. The van der Waals surface area contributed by atoms with Crippen molar-refractivity contribution >= 4 is 11.7 Å². The van der Waals surface area contributed by atoms with E-state index >= 15 is 0 Å². The Labute approximate surface area is 94.3 Å². The van der Waals surface area contributed by atoms with Crippen LogP contribution < -0.4 is 5.73 Å². The van der Waals surface area contributed by atoms with Gasteiger partial charge in [0.2, 0.25) is 0 Å². The molecule has 0 bridgehead atoms. The summed E-state index contributed by atoms with van der Waals surface area (Å²) in [6, 6.07) is 0. The van der Waals surface area contributed by atoms with Gasteiger partial charge >= 0.3 is 5.97 Å². The highest BCUT2D eigenvalue weighted by Crippen LogP contribution is 2.40. The lowest BCUT2D eigenvalue weighted by Crippen LogP contribution is -2.10. The van der Waals surface area contributed by atoms with Gasteiger partial charge in [-0.1, -0.05) is 0 Å². The molecule has 84 valence electrons. The standard InChI is InChI=1S/C13H15NO2/c14-12-9-5-1-3-7(9)11(13(15)16)8-4-2-6-10(8)12/h1-6,14H2,(H,15,16). The second-order valence-electron chi connectivity index (χ2n) is 4.72. The van der Waals surface area contributed by atoms with Crippen LogP contribution in [0.25, 0.3) is 0 Å². The zero-order valence-electron chi connectivity index (χ0n) is 9.18. The van der Waals surface area contributed by atoms with E-state index in [-0.39, 0.29) is 0 Å². The van der Waals surface area contributed by atoms with Crippen molar-refractivity contribution in [3.05, 3.63) is 27.8 Å². The highest BCUT2D eigenvalue weighted by molar-refractivity contribution is 5.94. The topological polar surface area (TPSA) is 63.3 Å². The van der Waals surface area contributed by atoms with Crippen molar-refractivity contribution in [1.29, 1.82) is 0 Å². The number of hydrogen-bond acceptors (Lipinski definition) is 2. The maximum absolute atomic E-state index is 11.4. The Morgan fingerprint density at radius 3 is 1.81 bits per heavy atom. The fourth-order valence-electron chi connectivity index (χ4n) is 3.26. The molecule has 0 aliphatic heterocycles.